The summed E-state index contributed by atoms with van der Waals surface area (Å²) in [6.07, 6.45) is 16.0. The third-order valence-electron chi connectivity index (χ3n) is 5.86. The molecule has 0 saturated carbocycles. The minimum Gasteiger partial charge on any atom is -0.385 e. The molecule has 9 nitrogen and oxygen atoms in total. The van der Waals surface area contributed by atoms with Crippen LogP contribution in [0, 0.1) is 20.2 Å². The second kappa shape index (κ2) is 16.3. The molecule has 0 bridgehead atoms. The van der Waals surface area contributed by atoms with Crippen molar-refractivity contribution >= 4 is 28.4 Å². The van der Waals surface area contributed by atoms with E-state index in [1.165, 1.54) is 76.7 Å². The van der Waals surface area contributed by atoms with Crippen LogP contribution in [0.15, 0.2) is 52.7 Å². The van der Waals surface area contributed by atoms with Gasteiger partial charge in [0.05, 0.1) is 27.3 Å². The van der Waals surface area contributed by atoms with Crippen LogP contribution in [0.5, 0.6) is 0 Å². The summed E-state index contributed by atoms with van der Waals surface area (Å²) in [5, 5.41) is 33.4. The summed E-state index contributed by atoms with van der Waals surface area (Å²) in [7, 11) is 0. The quantitative estimate of drug-likeness (QED) is 0.0980. The Labute approximate surface area is 207 Å². The highest BCUT2D eigenvalue weighted by Crippen LogP contribution is 2.31. The highest BCUT2D eigenvalue weighted by atomic mass is 16.6. The molecule has 0 atom stereocenters. The van der Waals surface area contributed by atoms with Gasteiger partial charge in [-0.2, -0.15) is 10.2 Å². The number of nitro benzene ring substituents is 2. The highest BCUT2D eigenvalue weighted by Gasteiger charge is 2.24. The Morgan fingerprint density at radius 3 is 1.69 bits per heavy atom. The molecule has 0 aliphatic heterocycles. The zero-order valence-electron chi connectivity index (χ0n) is 20.7. The van der Waals surface area contributed by atoms with Gasteiger partial charge in [-0.05, 0) is 36.8 Å². The number of rotatable bonds is 18. The molecular formula is C26H37N5O4. The topological polar surface area (TPSA) is 123 Å². The number of hydrogen-bond donors (Lipinski definition) is 1. The normalized spacial score (nSPS) is 11.1. The number of nitrogens with one attached hydrogen (secondary N) is 1. The number of azo groups is 1. The minimum absolute atomic E-state index is 0.177. The molecule has 0 amide bonds. The van der Waals surface area contributed by atoms with Gasteiger partial charge in [0.15, 0.2) is 0 Å². The van der Waals surface area contributed by atoms with E-state index >= 15 is 0 Å². The fourth-order valence-corrected chi connectivity index (χ4v) is 3.83. The Morgan fingerprint density at radius 1 is 0.657 bits per heavy atom. The van der Waals surface area contributed by atoms with E-state index in [9.17, 15) is 20.2 Å². The molecule has 0 aliphatic carbocycles. The molecule has 2 aromatic rings. The van der Waals surface area contributed by atoms with E-state index in [0.29, 0.717) is 5.69 Å². The van der Waals surface area contributed by atoms with Crippen LogP contribution in [0.4, 0.5) is 28.4 Å². The average Bonchev–Trinajstić information content (AvgIpc) is 2.86. The molecule has 2 aromatic carbocycles. The van der Waals surface area contributed by atoms with E-state index in [2.05, 4.69) is 22.5 Å². The lowest BCUT2D eigenvalue weighted by Gasteiger charge is -2.06. The van der Waals surface area contributed by atoms with Gasteiger partial charge >= 0.3 is 11.4 Å². The van der Waals surface area contributed by atoms with Crippen molar-refractivity contribution in [2.45, 2.75) is 84.0 Å². The molecule has 2 rings (SSSR count). The predicted molar refractivity (Wildman–Crippen MR) is 140 cm³/mol. The standard InChI is InChI=1S/C26H37N5O4/c1-2-3-4-5-6-7-8-9-10-11-12-13-20-27-22-14-16-23(17-15-22)28-29-24-18-19-25(30(32)33)26(21-24)31(34)35/h14-19,21,27H,2-13,20H2,1H3/b29-28+. The largest absolute Gasteiger partial charge is 0.385 e. The van der Waals surface area contributed by atoms with Crippen molar-refractivity contribution in [2.75, 3.05) is 11.9 Å². The van der Waals surface area contributed by atoms with E-state index in [4.69, 9.17) is 0 Å². The van der Waals surface area contributed by atoms with Crippen molar-refractivity contribution in [2.24, 2.45) is 10.2 Å². The summed E-state index contributed by atoms with van der Waals surface area (Å²) in [4.78, 5) is 20.4. The summed E-state index contributed by atoms with van der Waals surface area (Å²) in [5.74, 6) is 0. The van der Waals surface area contributed by atoms with Crippen LogP contribution in [0.2, 0.25) is 0 Å². The van der Waals surface area contributed by atoms with Crippen LogP contribution in [0.3, 0.4) is 0 Å². The fourth-order valence-electron chi connectivity index (χ4n) is 3.83. The van der Waals surface area contributed by atoms with Gasteiger partial charge in [0, 0.05) is 18.3 Å². The maximum atomic E-state index is 11.0. The van der Waals surface area contributed by atoms with Gasteiger partial charge in [-0.15, -0.1) is 0 Å². The van der Waals surface area contributed by atoms with E-state index in [-0.39, 0.29) is 5.69 Å². The van der Waals surface area contributed by atoms with Crippen molar-refractivity contribution in [3.05, 3.63) is 62.7 Å². The molecule has 0 aromatic heterocycles. The lowest BCUT2D eigenvalue weighted by Crippen LogP contribution is -2.00. The molecule has 0 aliphatic rings. The van der Waals surface area contributed by atoms with Gasteiger partial charge in [-0.1, -0.05) is 77.6 Å². The first-order valence-electron chi connectivity index (χ1n) is 12.7. The van der Waals surface area contributed by atoms with Crippen molar-refractivity contribution in [1.29, 1.82) is 0 Å². The lowest BCUT2D eigenvalue weighted by atomic mass is 10.1. The average molecular weight is 484 g/mol. The Kier molecular flexibility index (Phi) is 13.0. The molecule has 9 heteroatoms. The molecule has 0 spiro atoms. The second-order valence-electron chi connectivity index (χ2n) is 8.75. The SMILES string of the molecule is CCCCCCCCCCCCCCNc1ccc(/N=N/c2ccc([N+](=O)[O-])c([N+](=O)[O-])c2)cc1. The molecule has 35 heavy (non-hydrogen) atoms. The Balaban J connectivity index is 1.63. The van der Waals surface area contributed by atoms with Gasteiger partial charge in [0.25, 0.3) is 0 Å². The van der Waals surface area contributed by atoms with Crippen LogP contribution in [0.25, 0.3) is 0 Å². The third kappa shape index (κ3) is 11.1. The molecule has 190 valence electrons. The molecule has 0 fully saturated rings. The second-order valence-corrected chi connectivity index (χ2v) is 8.75. The number of nitrogens with zero attached hydrogens (tertiary/aromatic N) is 4. The Morgan fingerprint density at radius 2 is 1.14 bits per heavy atom. The number of benzene rings is 2. The summed E-state index contributed by atoms with van der Waals surface area (Å²) in [6, 6.07) is 10.9. The maximum absolute atomic E-state index is 11.0. The number of anilines is 1. The van der Waals surface area contributed by atoms with Crippen molar-refractivity contribution in [3.8, 4) is 0 Å². The van der Waals surface area contributed by atoms with E-state index in [1.54, 1.807) is 12.1 Å². The molecule has 0 unspecified atom stereocenters. The molecule has 0 radical (unpaired) electrons. The highest BCUT2D eigenvalue weighted by molar-refractivity contribution is 5.60. The number of hydrogen-bond acceptors (Lipinski definition) is 7. The van der Waals surface area contributed by atoms with Crippen LogP contribution < -0.4 is 5.32 Å². The summed E-state index contributed by atoms with van der Waals surface area (Å²) >= 11 is 0. The minimum atomic E-state index is -0.798. The Bertz CT molecular complexity index is 947. The number of unbranched alkanes of at least 4 members (excludes halogenated alkanes) is 11. The van der Waals surface area contributed by atoms with Crippen LogP contribution in [-0.4, -0.2) is 16.4 Å². The van der Waals surface area contributed by atoms with Gasteiger partial charge in [0.2, 0.25) is 0 Å². The molecular weight excluding hydrogens is 446 g/mol. The van der Waals surface area contributed by atoms with Gasteiger partial charge in [-0.25, -0.2) is 0 Å². The van der Waals surface area contributed by atoms with Gasteiger partial charge in [0.1, 0.15) is 0 Å². The lowest BCUT2D eigenvalue weighted by molar-refractivity contribution is -0.422. The van der Waals surface area contributed by atoms with E-state index in [0.717, 1.165) is 30.8 Å². The fraction of sp³-hybridized carbons (Fsp3) is 0.538. The molecule has 1 N–H and O–H groups in total. The van der Waals surface area contributed by atoms with Gasteiger partial charge in [-0.3, -0.25) is 20.2 Å². The van der Waals surface area contributed by atoms with Crippen LogP contribution in [0.1, 0.15) is 84.0 Å². The predicted octanol–water partition coefficient (Wildman–Crippen LogP) is 9.03. The van der Waals surface area contributed by atoms with Crippen molar-refractivity contribution in [3.63, 3.8) is 0 Å². The Hall–Kier alpha value is -3.36. The van der Waals surface area contributed by atoms with Gasteiger partial charge < -0.3 is 5.32 Å². The van der Waals surface area contributed by atoms with Crippen LogP contribution in [-0.2, 0) is 0 Å². The number of nitro groups is 2. The monoisotopic (exact) mass is 483 g/mol. The third-order valence-corrected chi connectivity index (χ3v) is 5.86. The first kappa shape index (κ1) is 27.9. The summed E-state index contributed by atoms with van der Waals surface area (Å²) < 4.78 is 0. The van der Waals surface area contributed by atoms with E-state index in [1.807, 2.05) is 12.1 Å². The van der Waals surface area contributed by atoms with Crippen LogP contribution >= 0.6 is 0 Å². The van der Waals surface area contributed by atoms with E-state index < -0.39 is 21.2 Å². The maximum Gasteiger partial charge on any atom is 0.348 e. The molecule has 0 heterocycles. The first-order valence-corrected chi connectivity index (χ1v) is 12.7. The van der Waals surface area contributed by atoms with Crippen molar-refractivity contribution < 1.29 is 9.85 Å². The van der Waals surface area contributed by atoms with Crippen molar-refractivity contribution in [1.82, 2.24) is 0 Å². The zero-order chi connectivity index (χ0) is 25.3. The smallest absolute Gasteiger partial charge is 0.348 e. The summed E-state index contributed by atoms with van der Waals surface area (Å²) in [5.41, 5.74) is 0.581. The zero-order valence-corrected chi connectivity index (χ0v) is 20.7. The first-order chi connectivity index (χ1) is 17.0. The summed E-state index contributed by atoms with van der Waals surface area (Å²) in [6.45, 7) is 3.18. The molecule has 0 saturated heterocycles.